The molecule has 15 heavy (non-hydrogen) atoms. The predicted molar refractivity (Wildman–Crippen MR) is 49.0 cm³/mol. The van der Waals surface area contributed by atoms with Crippen molar-refractivity contribution >= 4 is 11.9 Å². The van der Waals surface area contributed by atoms with Crippen molar-refractivity contribution < 1.29 is 19.5 Å². The monoisotopic (exact) mass is 213 g/mol. The number of aliphatic carboxylic acids is 1. The molecule has 0 fully saturated rings. The molecule has 0 aliphatic rings. The Labute approximate surface area is 85.6 Å². The highest BCUT2D eigenvalue weighted by Crippen LogP contribution is 2.00. The van der Waals surface area contributed by atoms with E-state index in [1.54, 1.807) is 20.0 Å². The van der Waals surface area contributed by atoms with E-state index in [2.05, 4.69) is 9.94 Å². The minimum Gasteiger partial charge on any atom is -0.479 e. The SMILES string of the molecule is Cc1cc(C(=O)NOCC(=O)O)n(C)n1. The van der Waals surface area contributed by atoms with Gasteiger partial charge in [0.25, 0.3) is 5.91 Å². The fourth-order valence-electron chi connectivity index (χ4n) is 1.04. The molecule has 7 nitrogen and oxygen atoms in total. The molecule has 0 radical (unpaired) electrons. The van der Waals surface area contributed by atoms with Crippen LogP contribution in [0.1, 0.15) is 16.2 Å². The molecule has 0 atom stereocenters. The molecule has 0 aliphatic heterocycles. The zero-order chi connectivity index (χ0) is 11.4. The second-order valence-electron chi connectivity index (χ2n) is 2.91. The number of aromatic nitrogens is 2. The lowest BCUT2D eigenvalue weighted by Gasteiger charge is -2.03. The molecule has 0 saturated heterocycles. The summed E-state index contributed by atoms with van der Waals surface area (Å²) < 4.78 is 1.38. The van der Waals surface area contributed by atoms with Crippen LogP contribution in [0.25, 0.3) is 0 Å². The van der Waals surface area contributed by atoms with Gasteiger partial charge in [-0.2, -0.15) is 5.10 Å². The third-order valence-electron chi connectivity index (χ3n) is 1.60. The van der Waals surface area contributed by atoms with Crippen molar-refractivity contribution in [3.05, 3.63) is 17.5 Å². The van der Waals surface area contributed by atoms with Gasteiger partial charge < -0.3 is 5.11 Å². The summed E-state index contributed by atoms with van der Waals surface area (Å²) in [6.07, 6.45) is 0. The van der Waals surface area contributed by atoms with Crippen LogP contribution in [-0.2, 0) is 16.7 Å². The topological polar surface area (TPSA) is 93.5 Å². The molecular weight excluding hydrogens is 202 g/mol. The number of carbonyl (C=O) groups is 2. The number of aryl methyl sites for hydroxylation is 2. The van der Waals surface area contributed by atoms with Gasteiger partial charge in [-0.25, -0.2) is 10.3 Å². The maximum Gasteiger partial charge on any atom is 0.332 e. The van der Waals surface area contributed by atoms with Crippen molar-refractivity contribution in [2.24, 2.45) is 7.05 Å². The van der Waals surface area contributed by atoms with Gasteiger partial charge in [-0.3, -0.25) is 14.3 Å². The number of hydrogen-bond acceptors (Lipinski definition) is 4. The summed E-state index contributed by atoms with van der Waals surface area (Å²) in [5, 5.41) is 12.2. The molecular formula is C8H11N3O4. The van der Waals surface area contributed by atoms with Crippen LogP contribution in [0.4, 0.5) is 0 Å². The molecule has 0 aliphatic carbocycles. The van der Waals surface area contributed by atoms with Crippen LogP contribution in [0.5, 0.6) is 0 Å². The van der Waals surface area contributed by atoms with E-state index >= 15 is 0 Å². The maximum absolute atomic E-state index is 11.4. The van der Waals surface area contributed by atoms with Crippen LogP contribution >= 0.6 is 0 Å². The van der Waals surface area contributed by atoms with E-state index in [0.29, 0.717) is 11.4 Å². The van der Waals surface area contributed by atoms with Gasteiger partial charge in [0.15, 0.2) is 6.61 Å². The normalized spacial score (nSPS) is 10.0. The largest absolute Gasteiger partial charge is 0.479 e. The Balaban J connectivity index is 2.54. The zero-order valence-electron chi connectivity index (χ0n) is 8.35. The molecule has 1 aromatic rings. The highest BCUT2D eigenvalue weighted by atomic mass is 16.7. The van der Waals surface area contributed by atoms with E-state index in [4.69, 9.17) is 5.11 Å². The Morgan fingerprint density at radius 2 is 2.33 bits per heavy atom. The quantitative estimate of drug-likeness (QED) is 0.656. The van der Waals surface area contributed by atoms with Gasteiger partial charge in [0.2, 0.25) is 0 Å². The van der Waals surface area contributed by atoms with Crippen LogP contribution in [0, 0.1) is 6.92 Å². The first-order valence-corrected chi connectivity index (χ1v) is 4.15. The number of nitrogens with zero attached hydrogens (tertiary/aromatic N) is 2. The Hall–Kier alpha value is -1.89. The number of nitrogens with one attached hydrogen (secondary N) is 1. The summed E-state index contributed by atoms with van der Waals surface area (Å²) in [6, 6.07) is 1.57. The van der Waals surface area contributed by atoms with E-state index in [1.807, 2.05) is 5.48 Å². The van der Waals surface area contributed by atoms with Gasteiger partial charge >= 0.3 is 5.97 Å². The molecule has 0 bridgehead atoms. The van der Waals surface area contributed by atoms with E-state index in [-0.39, 0.29) is 0 Å². The zero-order valence-corrected chi connectivity index (χ0v) is 8.35. The molecule has 1 heterocycles. The van der Waals surface area contributed by atoms with Crippen molar-refractivity contribution in [2.45, 2.75) is 6.92 Å². The molecule has 0 aromatic carbocycles. The fourth-order valence-corrected chi connectivity index (χ4v) is 1.04. The number of carboxylic acid groups (broad SMARTS) is 1. The summed E-state index contributed by atoms with van der Waals surface area (Å²) in [6.45, 7) is 1.16. The molecule has 7 heteroatoms. The van der Waals surface area contributed by atoms with Gasteiger partial charge in [0, 0.05) is 7.05 Å². The number of amides is 1. The van der Waals surface area contributed by atoms with Crippen LogP contribution in [0.2, 0.25) is 0 Å². The Bertz CT molecular complexity index is 385. The van der Waals surface area contributed by atoms with E-state index in [1.165, 1.54) is 4.68 Å². The second kappa shape index (κ2) is 4.56. The Kier molecular flexibility index (Phi) is 3.40. The van der Waals surface area contributed by atoms with E-state index < -0.39 is 18.5 Å². The van der Waals surface area contributed by atoms with Crippen molar-refractivity contribution in [2.75, 3.05) is 6.61 Å². The molecule has 82 valence electrons. The van der Waals surface area contributed by atoms with Crippen LogP contribution in [0.3, 0.4) is 0 Å². The molecule has 0 saturated carbocycles. The first-order chi connectivity index (χ1) is 7.00. The van der Waals surface area contributed by atoms with Gasteiger partial charge in [-0.05, 0) is 13.0 Å². The van der Waals surface area contributed by atoms with Crippen LogP contribution in [0.15, 0.2) is 6.07 Å². The standard InChI is InChI=1S/C8H11N3O4/c1-5-3-6(11(2)9-5)8(14)10-15-4-7(12)13/h3H,4H2,1-2H3,(H,10,14)(H,12,13). The first-order valence-electron chi connectivity index (χ1n) is 4.15. The molecule has 2 N–H and O–H groups in total. The number of carbonyl (C=O) groups excluding carboxylic acids is 1. The van der Waals surface area contributed by atoms with Crippen LogP contribution in [-0.4, -0.2) is 33.4 Å². The summed E-state index contributed by atoms with van der Waals surface area (Å²) in [5.74, 6) is -1.68. The summed E-state index contributed by atoms with van der Waals surface area (Å²) in [4.78, 5) is 25.9. The molecule has 1 aromatic heterocycles. The van der Waals surface area contributed by atoms with Crippen LogP contribution < -0.4 is 5.48 Å². The minimum absolute atomic E-state index is 0.304. The third kappa shape index (κ3) is 3.06. The smallest absolute Gasteiger partial charge is 0.332 e. The fraction of sp³-hybridized carbons (Fsp3) is 0.375. The van der Waals surface area contributed by atoms with E-state index in [0.717, 1.165) is 0 Å². The average Bonchev–Trinajstić information content (AvgIpc) is 2.44. The molecule has 1 rings (SSSR count). The average molecular weight is 213 g/mol. The second-order valence-corrected chi connectivity index (χ2v) is 2.91. The third-order valence-corrected chi connectivity index (χ3v) is 1.60. The van der Waals surface area contributed by atoms with Gasteiger partial charge in [-0.1, -0.05) is 0 Å². The minimum atomic E-state index is -1.16. The van der Waals surface area contributed by atoms with Crippen molar-refractivity contribution in [1.82, 2.24) is 15.3 Å². The maximum atomic E-state index is 11.4. The summed E-state index contributed by atoms with van der Waals surface area (Å²) in [5.41, 5.74) is 3.00. The Morgan fingerprint density at radius 3 is 2.80 bits per heavy atom. The number of hydroxylamine groups is 1. The number of carboxylic acids is 1. The molecule has 0 spiro atoms. The van der Waals surface area contributed by atoms with Crippen molar-refractivity contribution in [1.29, 1.82) is 0 Å². The molecule has 0 unspecified atom stereocenters. The molecule has 1 amide bonds. The lowest BCUT2D eigenvalue weighted by Crippen LogP contribution is -2.28. The van der Waals surface area contributed by atoms with Crippen molar-refractivity contribution in [3.8, 4) is 0 Å². The highest BCUT2D eigenvalue weighted by molar-refractivity contribution is 5.91. The van der Waals surface area contributed by atoms with Gasteiger partial charge in [0.05, 0.1) is 5.69 Å². The number of rotatable bonds is 4. The van der Waals surface area contributed by atoms with Gasteiger partial charge in [0.1, 0.15) is 5.69 Å². The summed E-state index contributed by atoms with van der Waals surface area (Å²) in [7, 11) is 1.61. The Morgan fingerprint density at radius 1 is 1.67 bits per heavy atom. The lowest BCUT2D eigenvalue weighted by atomic mass is 10.3. The summed E-state index contributed by atoms with van der Waals surface area (Å²) >= 11 is 0. The van der Waals surface area contributed by atoms with E-state index in [9.17, 15) is 9.59 Å². The highest BCUT2D eigenvalue weighted by Gasteiger charge is 2.11. The predicted octanol–water partition coefficient (Wildman–Crippen LogP) is -0.525. The van der Waals surface area contributed by atoms with Crippen molar-refractivity contribution in [3.63, 3.8) is 0 Å². The number of hydrogen-bond donors (Lipinski definition) is 2. The lowest BCUT2D eigenvalue weighted by molar-refractivity contribution is -0.144. The van der Waals surface area contributed by atoms with Gasteiger partial charge in [-0.15, -0.1) is 0 Å². The first kappa shape index (κ1) is 11.2.